The number of aryl methyl sites for hydroxylation is 1. The fraction of sp³-hybridized carbons (Fsp3) is 0.250. The summed E-state index contributed by atoms with van der Waals surface area (Å²) in [5.74, 6) is 0.724. The molecule has 0 radical (unpaired) electrons. The maximum atomic E-state index is 10.8. The van der Waals surface area contributed by atoms with Gasteiger partial charge in [0.15, 0.2) is 5.82 Å². The van der Waals surface area contributed by atoms with Gasteiger partial charge in [0.1, 0.15) is 18.0 Å². The highest BCUT2D eigenvalue weighted by Crippen LogP contribution is 2.24. The normalized spacial score (nSPS) is 11.7. The first-order chi connectivity index (χ1) is 9.52. The Balaban J connectivity index is 2.25. The molecule has 2 rings (SSSR count). The summed E-state index contributed by atoms with van der Waals surface area (Å²) in [7, 11) is 1.82. The molecule has 1 N–H and O–H groups in total. The Morgan fingerprint density at radius 1 is 1.55 bits per heavy atom. The molecule has 1 unspecified atom stereocenters. The van der Waals surface area contributed by atoms with Gasteiger partial charge in [0.25, 0.3) is 5.69 Å². The van der Waals surface area contributed by atoms with E-state index >= 15 is 0 Å². The van der Waals surface area contributed by atoms with Gasteiger partial charge >= 0.3 is 0 Å². The van der Waals surface area contributed by atoms with Crippen LogP contribution in [0.1, 0.15) is 24.4 Å². The molecule has 0 aliphatic carbocycles. The number of rotatable bonds is 4. The molecule has 0 amide bonds. The van der Waals surface area contributed by atoms with Crippen LogP contribution in [0.4, 0.5) is 11.4 Å². The Morgan fingerprint density at radius 2 is 2.30 bits per heavy atom. The average molecular weight is 272 g/mol. The van der Waals surface area contributed by atoms with E-state index in [-0.39, 0.29) is 17.3 Å². The Labute approximate surface area is 114 Å². The van der Waals surface area contributed by atoms with Crippen LogP contribution in [-0.4, -0.2) is 19.7 Å². The third-order valence-corrected chi connectivity index (χ3v) is 2.83. The van der Waals surface area contributed by atoms with Crippen LogP contribution in [-0.2, 0) is 7.05 Å². The topological polar surface area (TPSA) is 110 Å². The van der Waals surface area contributed by atoms with E-state index in [1.807, 2.05) is 20.0 Å². The first kappa shape index (κ1) is 13.5. The Morgan fingerprint density at radius 3 is 2.85 bits per heavy atom. The molecule has 0 saturated heterocycles. The number of benzene rings is 1. The molecule has 0 bridgehead atoms. The van der Waals surface area contributed by atoms with E-state index in [0.717, 1.165) is 5.82 Å². The van der Waals surface area contributed by atoms with E-state index < -0.39 is 4.92 Å². The predicted octanol–water partition coefficient (Wildman–Crippen LogP) is 1.77. The first-order valence-corrected chi connectivity index (χ1v) is 5.82. The zero-order valence-electron chi connectivity index (χ0n) is 10.9. The van der Waals surface area contributed by atoms with Crippen LogP contribution in [0.5, 0.6) is 0 Å². The minimum atomic E-state index is -0.575. The summed E-state index contributed by atoms with van der Waals surface area (Å²) in [6.07, 6.45) is 1.59. The van der Waals surface area contributed by atoms with Gasteiger partial charge in [0.2, 0.25) is 0 Å². The smallest absolute Gasteiger partial charge is 0.287 e. The molecule has 2 aromatic rings. The molecule has 20 heavy (non-hydrogen) atoms. The van der Waals surface area contributed by atoms with Crippen LogP contribution in [0.2, 0.25) is 0 Å². The van der Waals surface area contributed by atoms with Crippen LogP contribution in [0.15, 0.2) is 24.5 Å². The molecule has 8 heteroatoms. The fourth-order valence-electron chi connectivity index (χ4n) is 1.87. The predicted molar refractivity (Wildman–Crippen MR) is 70.9 cm³/mol. The maximum Gasteiger partial charge on any atom is 0.287 e. The summed E-state index contributed by atoms with van der Waals surface area (Å²) in [5, 5.41) is 30.6. The Bertz CT molecular complexity index is 687. The fourth-order valence-corrected chi connectivity index (χ4v) is 1.87. The number of aromatic nitrogens is 3. The molecule has 102 valence electrons. The molecule has 8 nitrogen and oxygen atoms in total. The molecule has 1 aromatic carbocycles. The van der Waals surface area contributed by atoms with Crippen LogP contribution < -0.4 is 5.32 Å². The van der Waals surface area contributed by atoms with E-state index in [1.165, 1.54) is 12.1 Å². The molecule has 0 aliphatic rings. The number of hydrogen-bond donors (Lipinski definition) is 1. The SMILES string of the molecule is CC(Nc1ccc([N+](=O)[O-])c(C#N)c1)c1nncn1C. The van der Waals surface area contributed by atoms with Gasteiger partial charge in [-0.05, 0) is 19.1 Å². The van der Waals surface area contributed by atoms with E-state index in [2.05, 4.69) is 15.5 Å². The summed E-state index contributed by atoms with van der Waals surface area (Å²) >= 11 is 0. The number of nitriles is 1. The van der Waals surface area contributed by atoms with Crippen molar-refractivity contribution < 1.29 is 4.92 Å². The Kier molecular flexibility index (Phi) is 3.61. The number of nitrogens with one attached hydrogen (secondary N) is 1. The van der Waals surface area contributed by atoms with Crippen molar-refractivity contribution in [2.45, 2.75) is 13.0 Å². The van der Waals surface area contributed by atoms with Crippen molar-refractivity contribution in [3.05, 3.63) is 46.0 Å². The molecular formula is C12H12N6O2. The quantitative estimate of drug-likeness (QED) is 0.670. The average Bonchev–Trinajstić information content (AvgIpc) is 2.84. The highest BCUT2D eigenvalue weighted by Gasteiger charge is 2.16. The Hall–Kier alpha value is -2.95. The largest absolute Gasteiger partial charge is 0.375 e. The van der Waals surface area contributed by atoms with Crippen molar-refractivity contribution >= 4 is 11.4 Å². The lowest BCUT2D eigenvalue weighted by Gasteiger charge is -2.14. The van der Waals surface area contributed by atoms with E-state index in [0.29, 0.717) is 5.69 Å². The van der Waals surface area contributed by atoms with Gasteiger partial charge in [0, 0.05) is 18.8 Å². The van der Waals surface area contributed by atoms with Gasteiger partial charge in [-0.2, -0.15) is 5.26 Å². The second-order valence-corrected chi connectivity index (χ2v) is 4.27. The lowest BCUT2D eigenvalue weighted by Crippen LogP contribution is -2.12. The van der Waals surface area contributed by atoms with Crippen LogP contribution in [0.3, 0.4) is 0 Å². The molecule has 1 aromatic heterocycles. The van der Waals surface area contributed by atoms with E-state index in [1.54, 1.807) is 17.0 Å². The minimum absolute atomic E-state index is 0.0187. The van der Waals surface area contributed by atoms with Gasteiger partial charge in [-0.25, -0.2) is 0 Å². The van der Waals surface area contributed by atoms with E-state index in [9.17, 15) is 10.1 Å². The second-order valence-electron chi connectivity index (χ2n) is 4.27. The summed E-state index contributed by atoms with van der Waals surface area (Å²) in [6, 6.07) is 6.00. The molecule has 0 aliphatic heterocycles. The zero-order chi connectivity index (χ0) is 14.7. The molecule has 0 spiro atoms. The number of hydrogen-bond acceptors (Lipinski definition) is 6. The summed E-state index contributed by atoms with van der Waals surface area (Å²) < 4.78 is 1.77. The summed E-state index contributed by atoms with van der Waals surface area (Å²) in [4.78, 5) is 10.2. The van der Waals surface area contributed by atoms with Crippen molar-refractivity contribution in [3.8, 4) is 6.07 Å². The number of nitro benzene ring substituents is 1. The molecule has 1 heterocycles. The number of nitrogens with zero attached hydrogens (tertiary/aromatic N) is 5. The maximum absolute atomic E-state index is 10.8. The minimum Gasteiger partial charge on any atom is -0.375 e. The third kappa shape index (κ3) is 2.56. The monoisotopic (exact) mass is 272 g/mol. The van der Waals surface area contributed by atoms with Gasteiger partial charge in [-0.3, -0.25) is 10.1 Å². The van der Waals surface area contributed by atoms with E-state index in [4.69, 9.17) is 5.26 Å². The standard InChI is InChI=1S/C12H12N6O2/c1-8(12-16-14-7-17(12)2)15-10-3-4-11(18(19)20)9(5-10)6-13/h3-5,7-8,15H,1-2H3. The summed E-state index contributed by atoms with van der Waals surface area (Å²) in [5.41, 5.74) is 0.428. The highest BCUT2D eigenvalue weighted by atomic mass is 16.6. The van der Waals surface area contributed by atoms with Crippen molar-refractivity contribution in [1.82, 2.24) is 14.8 Å². The molecular weight excluding hydrogens is 260 g/mol. The third-order valence-electron chi connectivity index (χ3n) is 2.83. The van der Waals surface area contributed by atoms with Crippen molar-refractivity contribution in [3.63, 3.8) is 0 Å². The molecule has 0 saturated carbocycles. The van der Waals surface area contributed by atoms with Gasteiger partial charge in [-0.1, -0.05) is 0 Å². The summed E-state index contributed by atoms with van der Waals surface area (Å²) in [6.45, 7) is 1.89. The van der Waals surface area contributed by atoms with Crippen LogP contribution >= 0.6 is 0 Å². The zero-order valence-corrected chi connectivity index (χ0v) is 10.9. The van der Waals surface area contributed by atoms with Gasteiger partial charge in [0.05, 0.1) is 11.0 Å². The van der Waals surface area contributed by atoms with Gasteiger partial charge < -0.3 is 9.88 Å². The molecule has 0 fully saturated rings. The molecule has 1 atom stereocenters. The van der Waals surface area contributed by atoms with Crippen LogP contribution in [0, 0.1) is 21.4 Å². The first-order valence-electron chi connectivity index (χ1n) is 5.82. The van der Waals surface area contributed by atoms with Gasteiger partial charge in [-0.15, -0.1) is 10.2 Å². The van der Waals surface area contributed by atoms with Crippen LogP contribution in [0.25, 0.3) is 0 Å². The van der Waals surface area contributed by atoms with Crippen molar-refractivity contribution in [2.75, 3.05) is 5.32 Å². The van der Waals surface area contributed by atoms with Crippen molar-refractivity contribution in [1.29, 1.82) is 5.26 Å². The van der Waals surface area contributed by atoms with Crippen molar-refractivity contribution in [2.24, 2.45) is 7.05 Å². The lowest BCUT2D eigenvalue weighted by molar-refractivity contribution is -0.385. The highest BCUT2D eigenvalue weighted by molar-refractivity contribution is 5.59. The number of nitro groups is 1. The second kappa shape index (κ2) is 5.36. The number of anilines is 1. The lowest BCUT2D eigenvalue weighted by atomic mass is 10.1.